The Kier molecular flexibility index (Phi) is 2.85. The van der Waals surface area contributed by atoms with E-state index in [1.807, 2.05) is 11.5 Å². The van der Waals surface area contributed by atoms with Crippen molar-refractivity contribution in [2.24, 2.45) is 5.41 Å². The Balaban J connectivity index is 2.28. The summed E-state index contributed by atoms with van der Waals surface area (Å²) in [7, 11) is 1.34. The summed E-state index contributed by atoms with van der Waals surface area (Å²) in [4.78, 5) is 15.7. The van der Waals surface area contributed by atoms with Gasteiger partial charge < -0.3 is 15.0 Å². The van der Waals surface area contributed by atoms with Crippen molar-refractivity contribution in [3.05, 3.63) is 11.5 Å². The van der Waals surface area contributed by atoms with Gasteiger partial charge in [0.15, 0.2) is 5.69 Å². The van der Waals surface area contributed by atoms with E-state index in [1.54, 1.807) is 0 Å². The van der Waals surface area contributed by atoms with Crippen molar-refractivity contribution >= 4 is 11.8 Å². The zero-order chi connectivity index (χ0) is 12.6. The van der Waals surface area contributed by atoms with Gasteiger partial charge in [0.1, 0.15) is 11.6 Å². The van der Waals surface area contributed by atoms with Crippen LogP contribution < -0.4 is 5.73 Å². The predicted molar refractivity (Wildman–Crippen MR) is 64.7 cm³/mol. The Bertz CT molecular complexity index is 447. The molecule has 5 nitrogen and oxygen atoms in total. The second-order valence-corrected chi connectivity index (χ2v) is 5.13. The standard InChI is InChI=1S/C12H19N3O2/c1-8-14-9(11(16)17-3)10(13)15(8)7-12(2)5-4-6-12/h4-7,13H2,1-3H3. The molecule has 5 heteroatoms. The van der Waals surface area contributed by atoms with Gasteiger partial charge >= 0.3 is 5.97 Å². The molecule has 17 heavy (non-hydrogen) atoms. The number of ether oxygens (including phenoxy) is 1. The van der Waals surface area contributed by atoms with E-state index in [2.05, 4.69) is 16.6 Å². The maximum absolute atomic E-state index is 11.5. The van der Waals surface area contributed by atoms with Crippen molar-refractivity contribution in [1.29, 1.82) is 0 Å². The molecule has 0 saturated heterocycles. The lowest BCUT2D eigenvalue weighted by Crippen LogP contribution is -2.31. The number of hydrogen-bond acceptors (Lipinski definition) is 4. The van der Waals surface area contributed by atoms with Crippen LogP contribution in [0.3, 0.4) is 0 Å². The SMILES string of the molecule is COC(=O)c1nc(C)n(CC2(C)CCC2)c1N. The minimum atomic E-state index is -0.469. The molecular formula is C12H19N3O2. The molecule has 0 unspecified atom stereocenters. The number of aromatic nitrogens is 2. The second-order valence-electron chi connectivity index (χ2n) is 5.13. The van der Waals surface area contributed by atoms with Crippen LogP contribution in [0.2, 0.25) is 0 Å². The van der Waals surface area contributed by atoms with Crippen LogP contribution in [0.1, 0.15) is 42.5 Å². The van der Waals surface area contributed by atoms with Crippen molar-refractivity contribution in [2.45, 2.75) is 39.7 Å². The van der Waals surface area contributed by atoms with E-state index < -0.39 is 5.97 Å². The quantitative estimate of drug-likeness (QED) is 0.813. The number of esters is 1. The second kappa shape index (κ2) is 4.05. The maximum atomic E-state index is 11.5. The molecule has 1 fully saturated rings. The normalized spacial score (nSPS) is 17.6. The number of methoxy groups -OCH3 is 1. The number of nitrogens with zero attached hydrogens (tertiary/aromatic N) is 2. The highest BCUT2D eigenvalue weighted by molar-refractivity contribution is 5.92. The fraction of sp³-hybridized carbons (Fsp3) is 0.667. The van der Waals surface area contributed by atoms with Crippen LogP contribution >= 0.6 is 0 Å². The van der Waals surface area contributed by atoms with E-state index in [0.717, 1.165) is 12.4 Å². The largest absolute Gasteiger partial charge is 0.464 e. The Hall–Kier alpha value is -1.52. The van der Waals surface area contributed by atoms with Gasteiger partial charge in [0.25, 0.3) is 0 Å². The van der Waals surface area contributed by atoms with E-state index in [1.165, 1.54) is 26.4 Å². The number of nitrogens with two attached hydrogens (primary N) is 1. The summed E-state index contributed by atoms with van der Waals surface area (Å²) in [6.45, 7) is 4.94. The first kappa shape index (κ1) is 12.0. The highest BCUT2D eigenvalue weighted by Gasteiger charge is 2.33. The molecule has 0 radical (unpaired) electrons. The number of imidazole rings is 1. The third kappa shape index (κ3) is 2.01. The summed E-state index contributed by atoms with van der Waals surface area (Å²) in [6.07, 6.45) is 3.68. The molecule has 1 aromatic heterocycles. The van der Waals surface area contributed by atoms with Crippen molar-refractivity contribution in [3.63, 3.8) is 0 Å². The Morgan fingerprint density at radius 2 is 2.24 bits per heavy atom. The van der Waals surface area contributed by atoms with Gasteiger partial charge in [0, 0.05) is 6.54 Å². The van der Waals surface area contributed by atoms with E-state index in [0.29, 0.717) is 11.2 Å². The predicted octanol–water partition coefficient (Wildman–Crippen LogP) is 1.75. The average Bonchev–Trinajstić information content (AvgIpc) is 2.53. The summed E-state index contributed by atoms with van der Waals surface area (Å²) in [5.74, 6) is 0.724. The Labute approximate surface area is 101 Å². The van der Waals surface area contributed by atoms with Gasteiger partial charge in [-0.3, -0.25) is 0 Å². The molecule has 94 valence electrons. The molecule has 2 rings (SSSR count). The number of rotatable bonds is 3. The van der Waals surface area contributed by atoms with E-state index in [9.17, 15) is 4.79 Å². The molecule has 0 aromatic carbocycles. The number of nitrogen functional groups attached to an aromatic ring is 1. The van der Waals surface area contributed by atoms with Crippen molar-refractivity contribution in [3.8, 4) is 0 Å². The van der Waals surface area contributed by atoms with Gasteiger partial charge in [-0.2, -0.15) is 0 Å². The Morgan fingerprint density at radius 3 is 2.71 bits per heavy atom. The van der Waals surface area contributed by atoms with E-state index >= 15 is 0 Å². The van der Waals surface area contributed by atoms with Gasteiger partial charge in [-0.15, -0.1) is 0 Å². The molecule has 0 atom stereocenters. The average molecular weight is 237 g/mol. The fourth-order valence-electron chi connectivity index (χ4n) is 2.35. The van der Waals surface area contributed by atoms with Crippen molar-refractivity contribution < 1.29 is 9.53 Å². The molecule has 2 N–H and O–H groups in total. The molecule has 1 aliphatic carbocycles. The molecule has 0 bridgehead atoms. The molecular weight excluding hydrogens is 218 g/mol. The molecule has 1 aromatic rings. The molecule has 1 saturated carbocycles. The first-order valence-corrected chi connectivity index (χ1v) is 5.88. The van der Waals surface area contributed by atoms with Gasteiger partial charge in [-0.05, 0) is 25.2 Å². The van der Waals surface area contributed by atoms with Gasteiger partial charge in [-0.25, -0.2) is 9.78 Å². The lowest BCUT2D eigenvalue weighted by atomic mass is 9.70. The summed E-state index contributed by atoms with van der Waals surface area (Å²) in [5.41, 5.74) is 6.49. The molecule has 1 aliphatic rings. The highest BCUT2D eigenvalue weighted by atomic mass is 16.5. The zero-order valence-electron chi connectivity index (χ0n) is 10.6. The number of aryl methyl sites for hydroxylation is 1. The molecule has 0 spiro atoms. The lowest BCUT2D eigenvalue weighted by molar-refractivity contribution is 0.0595. The van der Waals surface area contributed by atoms with Gasteiger partial charge in [0.2, 0.25) is 0 Å². The third-order valence-electron chi connectivity index (χ3n) is 3.68. The van der Waals surface area contributed by atoms with Crippen LogP contribution in [0.15, 0.2) is 0 Å². The zero-order valence-corrected chi connectivity index (χ0v) is 10.6. The fourth-order valence-corrected chi connectivity index (χ4v) is 2.35. The topological polar surface area (TPSA) is 70.1 Å². The monoisotopic (exact) mass is 237 g/mol. The lowest BCUT2D eigenvalue weighted by Gasteiger charge is -2.39. The Morgan fingerprint density at radius 1 is 1.59 bits per heavy atom. The van der Waals surface area contributed by atoms with Crippen LogP contribution in [0, 0.1) is 12.3 Å². The number of carbonyl (C=O) groups excluding carboxylic acids is 1. The minimum absolute atomic E-state index is 0.230. The summed E-state index contributed by atoms with van der Waals surface area (Å²) in [5, 5.41) is 0. The molecule has 0 amide bonds. The van der Waals surface area contributed by atoms with Gasteiger partial charge in [0.05, 0.1) is 7.11 Å². The third-order valence-corrected chi connectivity index (χ3v) is 3.68. The maximum Gasteiger partial charge on any atom is 0.360 e. The number of anilines is 1. The highest BCUT2D eigenvalue weighted by Crippen LogP contribution is 2.42. The molecule has 0 aliphatic heterocycles. The van der Waals surface area contributed by atoms with Crippen LogP contribution in [-0.2, 0) is 11.3 Å². The summed E-state index contributed by atoms with van der Waals surface area (Å²) >= 11 is 0. The van der Waals surface area contributed by atoms with Crippen LogP contribution in [-0.4, -0.2) is 22.6 Å². The van der Waals surface area contributed by atoms with Gasteiger partial charge in [-0.1, -0.05) is 13.3 Å². The summed E-state index contributed by atoms with van der Waals surface area (Å²) < 4.78 is 6.58. The van der Waals surface area contributed by atoms with Crippen LogP contribution in [0.4, 0.5) is 5.82 Å². The van der Waals surface area contributed by atoms with Crippen molar-refractivity contribution in [2.75, 3.05) is 12.8 Å². The molecule has 1 heterocycles. The number of hydrogen-bond donors (Lipinski definition) is 1. The number of carbonyl (C=O) groups is 1. The first-order chi connectivity index (χ1) is 7.97. The van der Waals surface area contributed by atoms with Crippen LogP contribution in [0.5, 0.6) is 0 Å². The minimum Gasteiger partial charge on any atom is -0.464 e. The van der Waals surface area contributed by atoms with E-state index in [-0.39, 0.29) is 5.69 Å². The summed E-state index contributed by atoms with van der Waals surface area (Å²) in [6, 6.07) is 0. The smallest absolute Gasteiger partial charge is 0.360 e. The van der Waals surface area contributed by atoms with Crippen LogP contribution in [0.25, 0.3) is 0 Å². The first-order valence-electron chi connectivity index (χ1n) is 5.88. The van der Waals surface area contributed by atoms with E-state index in [4.69, 9.17) is 5.73 Å². The van der Waals surface area contributed by atoms with Crippen molar-refractivity contribution in [1.82, 2.24) is 9.55 Å².